The number of allylic oxidation sites excluding steroid dienone is 2. The third-order valence-corrected chi connectivity index (χ3v) is 6.81. The molecule has 0 spiro atoms. The molecule has 2 aliphatic rings. The SMILES string of the molecule is CC.Cc1cc2c(cc1C1(c3ccc(CC(=N)ON(C)C)cc3)CC1)C(C)(C)C=CC2C. The lowest BCUT2D eigenvalue weighted by Gasteiger charge is -2.33. The van der Waals surface area contributed by atoms with Gasteiger partial charge in [0.1, 0.15) is 0 Å². The fraction of sp³-hybridized carbons (Fsp3) is 0.483. The van der Waals surface area contributed by atoms with Gasteiger partial charge < -0.3 is 4.84 Å². The Labute approximate surface area is 195 Å². The maximum atomic E-state index is 7.98. The van der Waals surface area contributed by atoms with Crippen LogP contribution in [0, 0.1) is 12.3 Å². The Morgan fingerprint density at radius 1 is 1.06 bits per heavy atom. The second-order valence-electron chi connectivity index (χ2n) is 9.91. The number of rotatable bonds is 5. The molecule has 2 aromatic carbocycles. The van der Waals surface area contributed by atoms with Gasteiger partial charge in [-0.25, -0.2) is 0 Å². The van der Waals surface area contributed by atoms with E-state index in [-0.39, 0.29) is 16.7 Å². The summed E-state index contributed by atoms with van der Waals surface area (Å²) in [6.07, 6.45) is 7.65. The lowest BCUT2D eigenvalue weighted by Crippen LogP contribution is -2.23. The fourth-order valence-corrected chi connectivity index (χ4v) is 4.98. The predicted octanol–water partition coefficient (Wildman–Crippen LogP) is 7.06. The van der Waals surface area contributed by atoms with Crippen LogP contribution in [0.25, 0.3) is 0 Å². The molecule has 1 saturated carbocycles. The maximum Gasteiger partial charge on any atom is 0.211 e. The molecule has 2 aromatic rings. The predicted molar refractivity (Wildman–Crippen MR) is 136 cm³/mol. The Balaban J connectivity index is 0.00000141. The second kappa shape index (κ2) is 9.23. The van der Waals surface area contributed by atoms with Gasteiger partial charge in [0.15, 0.2) is 0 Å². The van der Waals surface area contributed by atoms with Gasteiger partial charge in [0.25, 0.3) is 0 Å². The Hall–Kier alpha value is -2.39. The summed E-state index contributed by atoms with van der Waals surface area (Å²) in [6.45, 7) is 13.2. The molecule has 1 unspecified atom stereocenters. The van der Waals surface area contributed by atoms with Gasteiger partial charge in [0.05, 0.1) is 6.42 Å². The van der Waals surface area contributed by atoms with Crippen LogP contribution in [-0.2, 0) is 22.1 Å². The molecule has 0 heterocycles. The molecule has 3 nitrogen and oxygen atoms in total. The summed E-state index contributed by atoms with van der Waals surface area (Å²) < 4.78 is 0. The van der Waals surface area contributed by atoms with E-state index >= 15 is 0 Å². The summed E-state index contributed by atoms with van der Waals surface area (Å²) in [6, 6.07) is 13.8. The molecule has 172 valence electrons. The third-order valence-electron chi connectivity index (χ3n) is 6.81. The number of hydrogen-bond donors (Lipinski definition) is 1. The van der Waals surface area contributed by atoms with Crippen LogP contribution >= 0.6 is 0 Å². The van der Waals surface area contributed by atoms with Gasteiger partial charge in [0.2, 0.25) is 5.90 Å². The van der Waals surface area contributed by atoms with Crippen LogP contribution in [0.4, 0.5) is 0 Å². The monoisotopic (exact) mass is 432 g/mol. The molecule has 1 N–H and O–H groups in total. The molecule has 0 aliphatic heterocycles. The summed E-state index contributed by atoms with van der Waals surface area (Å²) in [5, 5.41) is 9.54. The first-order valence-electron chi connectivity index (χ1n) is 12.0. The van der Waals surface area contributed by atoms with Crippen molar-refractivity contribution in [1.29, 1.82) is 5.41 Å². The maximum absolute atomic E-state index is 7.98. The number of hydroxylamine groups is 2. The van der Waals surface area contributed by atoms with E-state index in [9.17, 15) is 0 Å². The fourth-order valence-electron chi connectivity index (χ4n) is 4.98. The van der Waals surface area contributed by atoms with Crippen molar-refractivity contribution >= 4 is 5.90 Å². The number of nitrogens with zero attached hydrogens (tertiary/aromatic N) is 1. The zero-order valence-corrected chi connectivity index (χ0v) is 21.2. The average Bonchev–Trinajstić information content (AvgIpc) is 3.54. The first-order chi connectivity index (χ1) is 15.1. The molecule has 0 bridgehead atoms. The third kappa shape index (κ3) is 4.68. The van der Waals surface area contributed by atoms with Crippen molar-refractivity contribution in [2.45, 2.75) is 77.6 Å². The largest absolute Gasteiger partial charge is 0.391 e. The van der Waals surface area contributed by atoms with E-state index in [0.29, 0.717) is 12.3 Å². The molecule has 0 radical (unpaired) electrons. The minimum absolute atomic E-state index is 0.0804. The van der Waals surface area contributed by atoms with Crippen LogP contribution in [0.5, 0.6) is 0 Å². The van der Waals surface area contributed by atoms with E-state index < -0.39 is 0 Å². The Kier molecular flexibility index (Phi) is 7.00. The molecule has 0 amide bonds. The van der Waals surface area contributed by atoms with Crippen LogP contribution in [0.3, 0.4) is 0 Å². The number of nitrogens with one attached hydrogen (secondary N) is 1. The van der Waals surface area contributed by atoms with Crippen molar-refractivity contribution in [3.8, 4) is 0 Å². The van der Waals surface area contributed by atoms with Crippen LogP contribution in [-0.4, -0.2) is 25.1 Å². The highest BCUT2D eigenvalue weighted by Gasteiger charge is 2.47. The summed E-state index contributed by atoms with van der Waals surface area (Å²) in [7, 11) is 3.60. The second-order valence-corrected chi connectivity index (χ2v) is 9.91. The molecular weight excluding hydrogens is 392 g/mol. The highest BCUT2D eigenvalue weighted by Crippen LogP contribution is 2.55. The van der Waals surface area contributed by atoms with Crippen LogP contribution in [0.15, 0.2) is 48.6 Å². The van der Waals surface area contributed by atoms with Crippen LogP contribution in [0.2, 0.25) is 0 Å². The summed E-state index contributed by atoms with van der Waals surface area (Å²) in [4.78, 5) is 5.34. The van der Waals surface area contributed by atoms with E-state index in [1.807, 2.05) is 13.8 Å². The Morgan fingerprint density at radius 2 is 1.69 bits per heavy atom. The quantitative estimate of drug-likeness (QED) is 0.237. The Bertz CT molecular complexity index is 995. The summed E-state index contributed by atoms with van der Waals surface area (Å²) in [5.41, 5.74) is 8.60. The van der Waals surface area contributed by atoms with Crippen molar-refractivity contribution in [3.05, 3.63) is 81.9 Å². The van der Waals surface area contributed by atoms with Gasteiger partial charge in [-0.1, -0.05) is 83.2 Å². The first kappa shape index (κ1) is 24.3. The van der Waals surface area contributed by atoms with Crippen molar-refractivity contribution in [2.75, 3.05) is 14.1 Å². The standard InChI is InChI=1S/C27H34N2O.C2H6/c1-18-11-12-26(3,4)24-17-23(19(2)15-22(18)24)27(13-14-27)21-9-7-20(8-10-21)16-25(28)30-29(5)6;1-2/h7-12,15,17-18,28H,13-14,16H2,1-6H3;1-2H3. The van der Waals surface area contributed by atoms with E-state index in [1.54, 1.807) is 19.2 Å². The van der Waals surface area contributed by atoms with Gasteiger partial charge in [-0.15, -0.1) is 5.06 Å². The molecular formula is C29H40N2O. The van der Waals surface area contributed by atoms with Crippen molar-refractivity contribution in [2.24, 2.45) is 0 Å². The zero-order valence-electron chi connectivity index (χ0n) is 21.2. The molecule has 2 aliphatic carbocycles. The molecule has 3 heteroatoms. The topological polar surface area (TPSA) is 36.3 Å². The lowest BCUT2D eigenvalue weighted by atomic mass is 9.71. The summed E-state index contributed by atoms with van der Waals surface area (Å²) >= 11 is 0. The molecule has 1 atom stereocenters. The van der Waals surface area contributed by atoms with E-state index in [1.165, 1.54) is 40.7 Å². The van der Waals surface area contributed by atoms with Gasteiger partial charge >= 0.3 is 0 Å². The van der Waals surface area contributed by atoms with E-state index in [2.05, 4.69) is 76.2 Å². The molecule has 32 heavy (non-hydrogen) atoms. The number of fused-ring (bicyclic) bond motifs is 1. The highest BCUT2D eigenvalue weighted by atomic mass is 16.7. The van der Waals surface area contributed by atoms with Crippen molar-refractivity contribution < 1.29 is 4.84 Å². The van der Waals surface area contributed by atoms with E-state index in [4.69, 9.17) is 10.2 Å². The molecule has 4 rings (SSSR count). The van der Waals surface area contributed by atoms with Crippen LogP contribution in [0.1, 0.15) is 86.8 Å². The van der Waals surface area contributed by atoms with Crippen molar-refractivity contribution in [3.63, 3.8) is 0 Å². The smallest absolute Gasteiger partial charge is 0.211 e. The minimum Gasteiger partial charge on any atom is -0.391 e. The van der Waals surface area contributed by atoms with E-state index in [0.717, 1.165) is 5.56 Å². The number of aryl methyl sites for hydroxylation is 1. The zero-order chi connectivity index (χ0) is 23.7. The molecule has 0 aromatic heterocycles. The van der Waals surface area contributed by atoms with Gasteiger partial charge in [-0.2, -0.15) is 0 Å². The van der Waals surface area contributed by atoms with Crippen LogP contribution < -0.4 is 0 Å². The average molecular weight is 433 g/mol. The highest BCUT2D eigenvalue weighted by molar-refractivity contribution is 5.75. The Morgan fingerprint density at radius 3 is 2.25 bits per heavy atom. The summed E-state index contributed by atoms with van der Waals surface area (Å²) in [5.74, 6) is 0.749. The minimum atomic E-state index is 0.0804. The lowest BCUT2D eigenvalue weighted by molar-refractivity contribution is -0.0226. The van der Waals surface area contributed by atoms with Crippen molar-refractivity contribution in [1.82, 2.24) is 5.06 Å². The molecule has 0 saturated heterocycles. The number of benzene rings is 2. The molecule has 1 fully saturated rings. The van der Waals surface area contributed by atoms with Gasteiger partial charge in [0, 0.05) is 24.9 Å². The van der Waals surface area contributed by atoms with Gasteiger partial charge in [-0.3, -0.25) is 5.41 Å². The normalized spacial score (nSPS) is 19.6. The number of hydrogen-bond acceptors (Lipinski definition) is 3. The van der Waals surface area contributed by atoms with Gasteiger partial charge in [-0.05, 0) is 59.1 Å². The first-order valence-corrected chi connectivity index (χ1v) is 12.0.